The number of nitrogens with zero attached hydrogens (tertiary/aromatic N) is 1. The molecule has 1 amide bonds. The van der Waals surface area contributed by atoms with Crippen LogP contribution >= 0.6 is 0 Å². The third-order valence-corrected chi connectivity index (χ3v) is 3.31. The van der Waals surface area contributed by atoms with Gasteiger partial charge in [-0.25, -0.2) is 0 Å². The largest absolute Gasteiger partial charge is 0.499 e. The maximum Gasteiger partial charge on any atom is 0.248 e. The second kappa shape index (κ2) is 3.73. The lowest BCUT2D eigenvalue weighted by atomic mass is 9.73. The average Bonchev–Trinajstić information content (AvgIpc) is 2.20. The number of ether oxygens (including phenoxy) is 2. The number of fused-ring (bicyclic) bond motifs is 1. The topological polar surface area (TPSA) is 64.8 Å². The van der Waals surface area contributed by atoms with E-state index in [0.717, 1.165) is 12.2 Å². The average molecular weight is 212 g/mol. The molecule has 0 bridgehead atoms. The van der Waals surface area contributed by atoms with Crippen LogP contribution in [0, 0.1) is 5.92 Å². The molecule has 0 radical (unpaired) electrons. The second-order valence-electron chi connectivity index (χ2n) is 3.96. The molecule has 2 rings (SSSR count). The van der Waals surface area contributed by atoms with Gasteiger partial charge < -0.3 is 20.1 Å². The van der Waals surface area contributed by atoms with Gasteiger partial charge in [0.15, 0.2) is 0 Å². The van der Waals surface area contributed by atoms with Gasteiger partial charge in [0.2, 0.25) is 5.91 Å². The van der Waals surface area contributed by atoms with Crippen LogP contribution in [0.15, 0.2) is 12.0 Å². The van der Waals surface area contributed by atoms with E-state index in [1.54, 1.807) is 19.1 Å². The molecule has 2 N–H and O–H groups in total. The normalized spacial score (nSPS) is 35.9. The second-order valence-corrected chi connectivity index (χ2v) is 3.96. The van der Waals surface area contributed by atoms with Gasteiger partial charge in [0.1, 0.15) is 12.4 Å². The lowest BCUT2D eigenvalue weighted by Crippen LogP contribution is -2.63. The third kappa shape index (κ3) is 1.47. The molecule has 0 spiro atoms. The summed E-state index contributed by atoms with van der Waals surface area (Å²) >= 11 is 0. The molecule has 84 valence electrons. The van der Waals surface area contributed by atoms with E-state index in [9.17, 15) is 4.79 Å². The fourth-order valence-corrected chi connectivity index (χ4v) is 2.35. The number of likely N-dealkylation sites (N-methyl/N-ethyl adjacent to an activating group) is 1. The van der Waals surface area contributed by atoms with Crippen molar-refractivity contribution < 1.29 is 14.3 Å². The molecular weight excluding hydrogens is 196 g/mol. The zero-order valence-electron chi connectivity index (χ0n) is 8.97. The summed E-state index contributed by atoms with van der Waals surface area (Å²) in [5.74, 6) is 0.939. The molecule has 2 fully saturated rings. The van der Waals surface area contributed by atoms with Gasteiger partial charge in [0.25, 0.3) is 0 Å². The van der Waals surface area contributed by atoms with Crippen LogP contribution in [0.25, 0.3) is 0 Å². The van der Waals surface area contributed by atoms with Crippen molar-refractivity contribution in [3.63, 3.8) is 0 Å². The maximum absolute atomic E-state index is 11.4. The van der Waals surface area contributed by atoms with E-state index in [1.807, 2.05) is 0 Å². The highest BCUT2D eigenvalue weighted by atomic mass is 16.5. The molecule has 0 aromatic carbocycles. The van der Waals surface area contributed by atoms with Crippen molar-refractivity contribution in [2.24, 2.45) is 11.7 Å². The van der Waals surface area contributed by atoms with Gasteiger partial charge in [-0.15, -0.1) is 0 Å². The van der Waals surface area contributed by atoms with E-state index >= 15 is 0 Å². The lowest BCUT2D eigenvalue weighted by molar-refractivity contribution is -0.177. The molecule has 0 aromatic rings. The Bertz CT molecular complexity index is 303. The molecule has 5 nitrogen and oxygen atoms in total. The fourth-order valence-electron chi connectivity index (χ4n) is 2.35. The van der Waals surface area contributed by atoms with E-state index < -0.39 is 0 Å². The van der Waals surface area contributed by atoms with Crippen LogP contribution in [0.3, 0.4) is 0 Å². The lowest BCUT2D eigenvalue weighted by Gasteiger charge is -2.51. The number of morpholine rings is 1. The summed E-state index contributed by atoms with van der Waals surface area (Å²) in [5, 5.41) is 0. The van der Waals surface area contributed by atoms with Gasteiger partial charge in [-0.05, 0) is 6.42 Å². The molecule has 1 saturated carbocycles. The van der Waals surface area contributed by atoms with Crippen LogP contribution in [0.2, 0.25) is 0 Å². The first-order chi connectivity index (χ1) is 7.19. The van der Waals surface area contributed by atoms with E-state index in [2.05, 4.69) is 0 Å². The Kier molecular flexibility index (Phi) is 2.56. The number of nitrogens with two attached hydrogens (primary N) is 1. The maximum atomic E-state index is 11.4. The number of carbonyl (C=O) groups excluding carboxylic acids is 1. The summed E-state index contributed by atoms with van der Waals surface area (Å²) in [6.45, 7) is 0.193. The van der Waals surface area contributed by atoms with E-state index in [1.165, 1.54) is 6.20 Å². The SMILES string of the molecule is CO/C(=C\N)[C@H]1CC2OCC(=O)N(C)[C@H]21. The Morgan fingerprint density at radius 1 is 1.73 bits per heavy atom. The zero-order chi connectivity index (χ0) is 11.0. The Balaban J connectivity index is 2.11. The Morgan fingerprint density at radius 3 is 3.07 bits per heavy atom. The summed E-state index contributed by atoms with van der Waals surface area (Å²) in [7, 11) is 3.40. The van der Waals surface area contributed by atoms with Crippen molar-refractivity contribution in [3.8, 4) is 0 Å². The van der Waals surface area contributed by atoms with Gasteiger partial charge in [0, 0.05) is 19.2 Å². The van der Waals surface area contributed by atoms with Gasteiger partial charge in [-0.2, -0.15) is 0 Å². The monoisotopic (exact) mass is 212 g/mol. The summed E-state index contributed by atoms with van der Waals surface area (Å²) in [6.07, 6.45) is 2.48. The van der Waals surface area contributed by atoms with Crippen LogP contribution in [0.4, 0.5) is 0 Å². The molecule has 1 aliphatic heterocycles. The van der Waals surface area contributed by atoms with Gasteiger partial charge in [-0.1, -0.05) is 0 Å². The molecule has 2 aliphatic rings. The molecule has 1 unspecified atom stereocenters. The number of amides is 1. The molecular formula is C10H16N2O3. The first-order valence-corrected chi connectivity index (χ1v) is 5.02. The number of hydrogen-bond donors (Lipinski definition) is 1. The van der Waals surface area contributed by atoms with Crippen molar-refractivity contribution in [3.05, 3.63) is 12.0 Å². The van der Waals surface area contributed by atoms with Crippen molar-refractivity contribution in [1.82, 2.24) is 4.90 Å². The van der Waals surface area contributed by atoms with E-state index in [-0.39, 0.29) is 30.6 Å². The first-order valence-electron chi connectivity index (χ1n) is 5.02. The highest BCUT2D eigenvalue weighted by molar-refractivity contribution is 5.78. The molecule has 1 saturated heterocycles. The highest BCUT2D eigenvalue weighted by Crippen LogP contribution is 2.41. The van der Waals surface area contributed by atoms with Crippen LogP contribution in [0.5, 0.6) is 0 Å². The quantitative estimate of drug-likeness (QED) is 0.637. The predicted molar refractivity (Wildman–Crippen MR) is 53.7 cm³/mol. The minimum atomic E-state index is 0.0217. The van der Waals surface area contributed by atoms with Crippen LogP contribution in [-0.2, 0) is 14.3 Å². The molecule has 15 heavy (non-hydrogen) atoms. The minimum absolute atomic E-state index is 0.0217. The predicted octanol–water partition coefficient (Wildman–Crippen LogP) is -0.321. The highest BCUT2D eigenvalue weighted by Gasteiger charge is 2.50. The van der Waals surface area contributed by atoms with Crippen molar-refractivity contribution in [2.75, 3.05) is 20.8 Å². The van der Waals surface area contributed by atoms with E-state index in [4.69, 9.17) is 15.2 Å². The third-order valence-electron chi connectivity index (χ3n) is 3.31. The van der Waals surface area contributed by atoms with Crippen molar-refractivity contribution in [1.29, 1.82) is 0 Å². The number of carbonyl (C=O) groups is 1. The molecule has 1 aliphatic carbocycles. The Hall–Kier alpha value is -1.23. The van der Waals surface area contributed by atoms with Gasteiger partial charge >= 0.3 is 0 Å². The Morgan fingerprint density at radius 2 is 2.47 bits per heavy atom. The first kappa shape index (κ1) is 10.3. The number of hydrogen-bond acceptors (Lipinski definition) is 4. The summed E-state index contributed by atoms with van der Waals surface area (Å²) < 4.78 is 10.6. The van der Waals surface area contributed by atoms with Crippen LogP contribution in [-0.4, -0.2) is 43.7 Å². The van der Waals surface area contributed by atoms with Crippen LogP contribution in [0.1, 0.15) is 6.42 Å². The number of methoxy groups -OCH3 is 1. The van der Waals surface area contributed by atoms with Gasteiger partial charge in [-0.3, -0.25) is 4.79 Å². The van der Waals surface area contributed by atoms with Crippen LogP contribution < -0.4 is 5.73 Å². The molecule has 5 heteroatoms. The summed E-state index contributed by atoms with van der Waals surface area (Å²) in [5.41, 5.74) is 5.46. The Labute approximate surface area is 88.8 Å². The summed E-state index contributed by atoms with van der Waals surface area (Å²) in [6, 6.07) is 0.0843. The minimum Gasteiger partial charge on any atom is -0.499 e. The standard InChI is InChI=1S/C10H16N2O3/c1-12-9(13)5-15-7-3-6(10(7)12)8(4-11)14-2/h4,6-7,10H,3,5,11H2,1-2H3/b8-4-/t6-,7?,10+/m1/s1. The van der Waals surface area contributed by atoms with Gasteiger partial charge in [0.05, 0.1) is 19.3 Å². The van der Waals surface area contributed by atoms with E-state index in [0.29, 0.717) is 0 Å². The number of rotatable bonds is 2. The zero-order valence-corrected chi connectivity index (χ0v) is 8.97. The van der Waals surface area contributed by atoms with Crippen molar-refractivity contribution >= 4 is 5.91 Å². The molecule has 1 heterocycles. The molecule has 0 aromatic heterocycles. The summed E-state index contributed by atoms with van der Waals surface area (Å²) in [4.78, 5) is 13.2. The molecule has 3 atom stereocenters. The smallest absolute Gasteiger partial charge is 0.248 e. The van der Waals surface area contributed by atoms with Crippen molar-refractivity contribution in [2.45, 2.75) is 18.6 Å². The fraction of sp³-hybridized carbons (Fsp3) is 0.700.